The summed E-state index contributed by atoms with van der Waals surface area (Å²) in [7, 11) is 1.62. The molecule has 0 saturated carbocycles. The fraction of sp³-hybridized carbons (Fsp3) is 1.00. The predicted octanol–water partition coefficient (Wildman–Crippen LogP) is 1.58. The molecule has 0 heterocycles. The van der Waals surface area contributed by atoms with E-state index in [2.05, 4.69) is 0 Å². The summed E-state index contributed by atoms with van der Waals surface area (Å²) in [5.41, 5.74) is -0.258. The van der Waals surface area contributed by atoms with Gasteiger partial charge in [-0.3, -0.25) is 0 Å². The normalized spacial score (nSPS) is 14.8. The van der Waals surface area contributed by atoms with Crippen LogP contribution in [0.25, 0.3) is 0 Å². The molecule has 0 aliphatic rings. The minimum Gasteiger partial charge on any atom is -0.388 e. The quantitative estimate of drug-likeness (QED) is 0.506. The van der Waals surface area contributed by atoms with Gasteiger partial charge in [-0.2, -0.15) is 0 Å². The maximum atomic E-state index is 9.72. The van der Waals surface area contributed by atoms with Crippen molar-refractivity contribution in [1.82, 2.24) is 0 Å². The molecule has 0 aliphatic heterocycles. The van der Waals surface area contributed by atoms with Crippen molar-refractivity contribution < 1.29 is 24.1 Å². The Morgan fingerprint density at radius 3 is 1.94 bits per heavy atom. The molecule has 1 N–H and O–H groups in total. The number of rotatable bonds is 9. The first-order valence-electron chi connectivity index (χ1n) is 6.25. The third-order valence-corrected chi connectivity index (χ3v) is 2.07. The summed E-state index contributed by atoms with van der Waals surface area (Å²) >= 11 is 0. The van der Waals surface area contributed by atoms with Crippen molar-refractivity contribution in [3.63, 3.8) is 0 Å². The summed E-state index contributed by atoms with van der Waals surface area (Å²) in [6.45, 7) is 10.8. The highest BCUT2D eigenvalue weighted by atomic mass is 16.7. The third kappa shape index (κ3) is 10.9. The van der Waals surface area contributed by atoms with Crippen LogP contribution in [-0.4, -0.2) is 56.1 Å². The average molecular weight is 264 g/mol. The Morgan fingerprint density at radius 2 is 1.44 bits per heavy atom. The van der Waals surface area contributed by atoms with E-state index in [1.54, 1.807) is 21.0 Å². The maximum absolute atomic E-state index is 9.72. The van der Waals surface area contributed by atoms with E-state index in [1.807, 2.05) is 20.8 Å². The molecule has 5 heteroatoms. The van der Waals surface area contributed by atoms with E-state index in [0.29, 0.717) is 13.2 Å². The predicted molar refractivity (Wildman–Crippen MR) is 69.6 cm³/mol. The molecule has 0 saturated heterocycles. The van der Waals surface area contributed by atoms with Gasteiger partial charge in [-0.15, -0.1) is 0 Å². The van der Waals surface area contributed by atoms with E-state index in [9.17, 15) is 5.11 Å². The smallest absolute Gasteiger partial charge is 0.162 e. The molecule has 110 valence electrons. The van der Waals surface area contributed by atoms with Gasteiger partial charge < -0.3 is 24.1 Å². The van der Waals surface area contributed by atoms with Gasteiger partial charge in [-0.25, -0.2) is 0 Å². The van der Waals surface area contributed by atoms with Crippen molar-refractivity contribution in [2.45, 2.75) is 52.1 Å². The summed E-state index contributed by atoms with van der Waals surface area (Å²) in [5, 5.41) is 9.72. The van der Waals surface area contributed by atoms with Gasteiger partial charge in [-0.05, 0) is 34.6 Å². The van der Waals surface area contributed by atoms with Crippen LogP contribution in [0.1, 0.15) is 34.6 Å². The zero-order chi connectivity index (χ0) is 14.2. The molecule has 1 unspecified atom stereocenters. The Balaban J connectivity index is 3.78. The fourth-order valence-corrected chi connectivity index (χ4v) is 1.10. The Morgan fingerprint density at radius 1 is 0.889 bits per heavy atom. The van der Waals surface area contributed by atoms with Gasteiger partial charge in [0.1, 0.15) is 6.10 Å². The topological polar surface area (TPSA) is 57.2 Å². The highest BCUT2D eigenvalue weighted by Gasteiger charge is 2.21. The van der Waals surface area contributed by atoms with Crippen LogP contribution in [0.15, 0.2) is 0 Å². The SMILES string of the molecule is COCCOC(C)(C)OCC(O)COC(C)(C)C. The molecule has 0 aromatic heterocycles. The van der Waals surface area contributed by atoms with E-state index >= 15 is 0 Å². The molecule has 0 amide bonds. The summed E-state index contributed by atoms with van der Waals surface area (Å²) in [6.07, 6.45) is -0.658. The molecule has 0 aromatic carbocycles. The summed E-state index contributed by atoms with van der Waals surface area (Å²) in [4.78, 5) is 0. The van der Waals surface area contributed by atoms with Gasteiger partial charge in [0.15, 0.2) is 5.79 Å². The van der Waals surface area contributed by atoms with Gasteiger partial charge in [0.2, 0.25) is 0 Å². The van der Waals surface area contributed by atoms with Crippen LogP contribution in [0.4, 0.5) is 0 Å². The van der Waals surface area contributed by atoms with E-state index in [0.717, 1.165) is 0 Å². The summed E-state index contributed by atoms with van der Waals surface area (Å²) in [5.74, 6) is -0.735. The lowest BCUT2D eigenvalue weighted by atomic mass is 10.2. The number of hydrogen-bond acceptors (Lipinski definition) is 5. The van der Waals surface area contributed by atoms with Crippen LogP contribution in [-0.2, 0) is 18.9 Å². The second-order valence-electron chi connectivity index (χ2n) is 5.63. The van der Waals surface area contributed by atoms with Gasteiger partial charge in [-0.1, -0.05) is 0 Å². The van der Waals surface area contributed by atoms with Crippen molar-refractivity contribution in [2.24, 2.45) is 0 Å². The van der Waals surface area contributed by atoms with E-state index in [4.69, 9.17) is 18.9 Å². The van der Waals surface area contributed by atoms with Crippen LogP contribution in [0.2, 0.25) is 0 Å². The first-order chi connectivity index (χ1) is 8.16. The van der Waals surface area contributed by atoms with Crippen LogP contribution in [0, 0.1) is 0 Å². The Bertz CT molecular complexity index is 210. The first kappa shape index (κ1) is 17.8. The van der Waals surface area contributed by atoms with Crippen LogP contribution < -0.4 is 0 Å². The largest absolute Gasteiger partial charge is 0.388 e. The molecular formula is C13H28O5. The molecule has 5 nitrogen and oxygen atoms in total. The molecule has 0 radical (unpaired) electrons. The van der Waals surface area contributed by atoms with Gasteiger partial charge in [0, 0.05) is 7.11 Å². The molecule has 0 bridgehead atoms. The van der Waals surface area contributed by atoms with E-state index in [-0.39, 0.29) is 18.8 Å². The highest BCUT2D eigenvalue weighted by molar-refractivity contribution is 4.63. The lowest BCUT2D eigenvalue weighted by Crippen LogP contribution is -2.35. The Kier molecular flexibility index (Phi) is 7.98. The standard InChI is InChI=1S/C13H28O5/c1-12(2,3)17-9-11(14)10-18-13(4,5)16-8-7-15-6/h11,14H,7-10H2,1-6H3. The maximum Gasteiger partial charge on any atom is 0.162 e. The molecule has 1 atom stereocenters. The fourth-order valence-electron chi connectivity index (χ4n) is 1.10. The molecule has 0 aromatic rings. The van der Waals surface area contributed by atoms with Crippen molar-refractivity contribution >= 4 is 0 Å². The van der Waals surface area contributed by atoms with Gasteiger partial charge >= 0.3 is 0 Å². The Hall–Kier alpha value is -0.200. The molecule has 18 heavy (non-hydrogen) atoms. The zero-order valence-electron chi connectivity index (χ0n) is 12.5. The Labute approximate surface area is 110 Å². The first-order valence-corrected chi connectivity index (χ1v) is 6.25. The lowest BCUT2D eigenvalue weighted by molar-refractivity contribution is -0.231. The molecular weight excluding hydrogens is 236 g/mol. The zero-order valence-corrected chi connectivity index (χ0v) is 12.5. The number of aliphatic hydroxyl groups excluding tert-OH is 1. The van der Waals surface area contributed by atoms with Crippen molar-refractivity contribution in [3.05, 3.63) is 0 Å². The second kappa shape index (κ2) is 8.07. The second-order valence-corrected chi connectivity index (χ2v) is 5.63. The van der Waals surface area contributed by atoms with Crippen molar-refractivity contribution in [3.8, 4) is 0 Å². The number of methoxy groups -OCH3 is 1. The van der Waals surface area contributed by atoms with Gasteiger partial charge in [0.25, 0.3) is 0 Å². The van der Waals surface area contributed by atoms with Crippen LogP contribution in [0.5, 0.6) is 0 Å². The van der Waals surface area contributed by atoms with Crippen molar-refractivity contribution in [1.29, 1.82) is 0 Å². The van der Waals surface area contributed by atoms with E-state index < -0.39 is 11.9 Å². The molecule has 0 spiro atoms. The molecule has 0 aliphatic carbocycles. The van der Waals surface area contributed by atoms with Crippen LogP contribution >= 0.6 is 0 Å². The monoisotopic (exact) mass is 264 g/mol. The third-order valence-electron chi connectivity index (χ3n) is 2.07. The average Bonchev–Trinajstić information content (AvgIpc) is 2.23. The van der Waals surface area contributed by atoms with E-state index in [1.165, 1.54) is 0 Å². The van der Waals surface area contributed by atoms with Crippen molar-refractivity contribution in [2.75, 3.05) is 33.5 Å². The van der Waals surface area contributed by atoms with Crippen LogP contribution in [0.3, 0.4) is 0 Å². The highest BCUT2D eigenvalue weighted by Crippen LogP contribution is 2.12. The number of ether oxygens (including phenoxy) is 4. The number of aliphatic hydroxyl groups is 1. The summed E-state index contributed by atoms with van der Waals surface area (Å²) in [6, 6.07) is 0. The number of hydrogen-bond donors (Lipinski definition) is 1. The minimum atomic E-state index is -0.735. The lowest BCUT2D eigenvalue weighted by Gasteiger charge is -2.28. The summed E-state index contributed by atoms with van der Waals surface area (Å²) < 4.78 is 21.3. The minimum absolute atomic E-state index is 0.177. The molecule has 0 rings (SSSR count). The van der Waals surface area contributed by atoms with Gasteiger partial charge in [0.05, 0.1) is 32.0 Å². The molecule has 0 fully saturated rings.